The molecule has 0 aromatic carbocycles. The van der Waals surface area contributed by atoms with Gasteiger partial charge in [0, 0.05) is 19.3 Å². The van der Waals surface area contributed by atoms with Gasteiger partial charge < -0.3 is 10.2 Å². The van der Waals surface area contributed by atoms with Gasteiger partial charge >= 0.3 is 0 Å². The van der Waals surface area contributed by atoms with Crippen molar-refractivity contribution in [2.24, 2.45) is 10.3 Å². The van der Waals surface area contributed by atoms with Crippen LogP contribution in [0, 0.1) is 5.92 Å². The molecule has 0 spiro atoms. The molecule has 1 fully saturated rings. The van der Waals surface area contributed by atoms with Crippen LogP contribution in [0.15, 0.2) is 28.3 Å². The molecule has 23 heavy (non-hydrogen) atoms. The molecule has 0 aromatic rings. The molecule has 3 aliphatic rings. The van der Waals surface area contributed by atoms with Gasteiger partial charge in [-0.1, -0.05) is 25.7 Å². The summed E-state index contributed by atoms with van der Waals surface area (Å²) in [6.45, 7) is 1.03. The lowest BCUT2D eigenvalue weighted by Crippen LogP contribution is -2.38. The number of carbonyl (C=O) groups is 1. The van der Waals surface area contributed by atoms with Crippen molar-refractivity contribution in [2.45, 2.75) is 38.5 Å². The molecule has 0 atom stereocenters. The van der Waals surface area contributed by atoms with Crippen LogP contribution in [0.3, 0.4) is 0 Å². The van der Waals surface area contributed by atoms with Gasteiger partial charge in [0.25, 0.3) is 15.9 Å². The van der Waals surface area contributed by atoms with Crippen molar-refractivity contribution >= 4 is 21.8 Å². The van der Waals surface area contributed by atoms with Crippen molar-refractivity contribution in [3.05, 3.63) is 23.9 Å². The maximum absolute atomic E-state index is 12.2. The third-order valence-corrected chi connectivity index (χ3v) is 5.80. The van der Waals surface area contributed by atoms with E-state index in [2.05, 4.69) is 9.71 Å². The molecule has 0 radical (unpaired) electrons. The van der Waals surface area contributed by atoms with E-state index in [1.807, 2.05) is 0 Å². The second-order valence-electron chi connectivity index (χ2n) is 6.40. The smallest absolute Gasteiger partial charge is 0.256 e. The summed E-state index contributed by atoms with van der Waals surface area (Å²) in [7, 11) is -3.35. The Hall–Kier alpha value is -1.63. The van der Waals surface area contributed by atoms with Crippen LogP contribution in [-0.2, 0) is 14.8 Å². The molecule has 126 valence electrons. The molecule has 2 heterocycles. The Morgan fingerprint density at radius 1 is 1.30 bits per heavy atom. The zero-order valence-electron chi connectivity index (χ0n) is 13.2. The molecule has 0 unspecified atom stereocenters. The van der Waals surface area contributed by atoms with E-state index in [1.54, 1.807) is 23.3 Å². The summed E-state index contributed by atoms with van der Waals surface area (Å²) >= 11 is 0. The van der Waals surface area contributed by atoms with Gasteiger partial charge in [0.2, 0.25) is 0 Å². The number of hydrogen-bond acceptors (Lipinski definition) is 4. The van der Waals surface area contributed by atoms with Crippen molar-refractivity contribution in [1.29, 1.82) is 0 Å². The first kappa shape index (κ1) is 16.2. The number of nitrogens with one attached hydrogen (secondary N) is 1. The molecule has 0 saturated heterocycles. The topological polar surface area (TPSA) is 78.8 Å². The standard InChI is InChI=1S/C16H23N3O3S/c20-16(17-9-3-6-13-4-1-2-5-13)14-7-8-15-18-23(21,22)11-10-19(15)12-14/h7-8,12-13H,1-6,9-11H2,(H,17,20). The van der Waals surface area contributed by atoms with Crippen LogP contribution in [0.2, 0.25) is 0 Å². The Balaban J connectivity index is 1.49. The molecule has 0 aromatic heterocycles. The van der Waals surface area contributed by atoms with Crippen molar-refractivity contribution in [2.75, 3.05) is 18.8 Å². The fourth-order valence-electron chi connectivity index (χ4n) is 3.33. The van der Waals surface area contributed by atoms with E-state index in [0.29, 0.717) is 24.5 Å². The number of amidine groups is 1. The van der Waals surface area contributed by atoms with Crippen molar-refractivity contribution < 1.29 is 13.2 Å². The minimum atomic E-state index is -3.35. The van der Waals surface area contributed by atoms with Crippen LogP contribution in [-0.4, -0.2) is 43.9 Å². The summed E-state index contributed by atoms with van der Waals surface area (Å²) in [6.07, 6.45) is 12.5. The second-order valence-corrected chi connectivity index (χ2v) is 8.15. The Labute approximate surface area is 137 Å². The number of amides is 1. The molecule has 1 N–H and O–H groups in total. The highest BCUT2D eigenvalue weighted by molar-refractivity contribution is 7.90. The average Bonchev–Trinajstić information content (AvgIpc) is 3.03. The predicted molar refractivity (Wildman–Crippen MR) is 89.4 cm³/mol. The van der Waals surface area contributed by atoms with Crippen molar-refractivity contribution in [1.82, 2.24) is 10.2 Å². The number of fused-ring (bicyclic) bond motifs is 1. The van der Waals surface area contributed by atoms with Crippen LogP contribution in [0.25, 0.3) is 0 Å². The quantitative estimate of drug-likeness (QED) is 0.773. The van der Waals surface area contributed by atoms with Crippen LogP contribution >= 0.6 is 0 Å². The van der Waals surface area contributed by atoms with Crippen LogP contribution in [0.1, 0.15) is 38.5 Å². The highest BCUT2D eigenvalue weighted by Crippen LogP contribution is 2.28. The first-order chi connectivity index (χ1) is 11.0. The molecule has 1 saturated carbocycles. The van der Waals surface area contributed by atoms with Crippen LogP contribution in [0.4, 0.5) is 0 Å². The zero-order chi connectivity index (χ0) is 16.3. The highest BCUT2D eigenvalue weighted by Gasteiger charge is 2.24. The van der Waals surface area contributed by atoms with Crippen LogP contribution in [0.5, 0.6) is 0 Å². The van der Waals surface area contributed by atoms with Gasteiger partial charge in [0.1, 0.15) is 5.84 Å². The lowest BCUT2D eigenvalue weighted by Gasteiger charge is -2.26. The Morgan fingerprint density at radius 3 is 2.87 bits per heavy atom. The summed E-state index contributed by atoms with van der Waals surface area (Å²) < 4.78 is 26.6. The minimum absolute atomic E-state index is 0.0167. The molecular formula is C16H23N3O3S. The van der Waals surface area contributed by atoms with E-state index in [9.17, 15) is 13.2 Å². The molecule has 2 aliphatic heterocycles. The Morgan fingerprint density at radius 2 is 2.09 bits per heavy atom. The minimum Gasteiger partial charge on any atom is -0.352 e. The molecular weight excluding hydrogens is 314 g/mol. The molecule has 1 amide bonds. The largest absolute Gasteiger partial charge is 0.352 e. The summed E-state index contributed by atoms with van der Waals surface area (Å²) in [5.74, 6) is 1.10. The van der Waals surface area contributed by atoms with Gasteiger partial charge in [-0.3, -0.25) is 4.79 Å². The fourth-order valence-corrected chi connectivity index (χ4v) is 4.30. The van der Waals surface area contributed by atoms with E-state index in [4.69, 9.17) is 0 Å². The first-order valence-corrected chi connectivity index (χ1v) is 9.92. The summed E-state index contributed by atoms with van der Waals surface area (Å²) in [5.41, 5.74) is 0.545. The number of hydrogen-bond donors (Lipinski definition) is 1. The number of carbonyl (C=O) groups excluding carboxylic acids is 1. The van der Waals surface area contributed by atoms with E-state index in [0.717, 1.165) is 12.3 Å². The first-order valence-electron chi connectivity index (χ1n) is 8.31. The number of sulfonamides is 1. The molecule has 7 heteroatoms. The number of nitrogens with zero attached hydrogens (tertiary/aromatic N) is 2. The van der Waals surface area contributed by atoms with Gasteiger partial charge in [-0.25, -0.2) is 8.42 Å². The van der Waals surface area contributed by atoms with Gasteiger partial charge in [-0.2, -0.15) is 0 Å². The van der Waals surface area contributed by atoms with E-state index in [-0.39, 0.29) is 11.7 Å². The van der Waals surface area contributed by atoms with Crippen LogP contribution < -0.4 is 5.32 Å². The van der Waals surface area contributed by atoms with Crippen molar-refractivity contribution in [3.63, 3.8) is 0 Å². The predicted octanol–water partition coefficient (Wildman–Crippen LogP) is 1.57. The third-order valence-electron chi connectivity index (χ3n) is 4.64. The van der Waals surface area contributed by atoms with Gasteiger partial charge in [0.15, 0.2) is 0 Å². The summed E-state index contributed by atoms with van der Waals surface area (Å²) in [6, 6.07) is 0. The van der Waals surface area contributed by atoms with Gasteiger partial charge in [-0.05, 0) is 30.9 Å². The number of rotatable bonds is 5. The zero-order valence-corrected chi connectivity index (χ0v) is 14.0. The lowest BCUT2D eigenvalue weighted by atomic mass is 10.0. The highest BCUT2D eigenvalue weighted by atomic mass is 32.2. The summed E-state index contributed by atoms with van der Waals surface area (Å²) in [5, 5.41) is 2.94. The van der Waals surface area contributed by atoms with E-state index < -0.39 is 10.0 Å². The Bertz CT molecular complexity index is 658. The maximum atomic E-state index is 12.2. The molecule has 1 aliphatic carbocycles. The van der Waals surface area contributed by atoms with Gasteiger partial charge in [-0.15, -0.1) is 4.40 Å². The van der Waals surface area contributed by atoms with E-state index >= 15 is 0 Å². The summed E-state index contributed by atoms with van der Waals surface area (Å²) in [4.78, 5) is 13.9. The molecule has 3 rings (SSSR count). The second kappa shape index (κ2) is 6.86. The normalized spacial score (nSPS) is 23.2. The van der Waals surface area contributed by atoms with E-state index in [1.165, 1.54) is 32.1 Å². The average molecular weight is 337 g/mol. The fraction of sp³-hybridized carbons (Fsp3) is 0.625. The third kappa shape index (κ3) is 4.22. The lowest BCUT2D eigenvalue weighted by molar-refractivity contribution is -0.117. The molecule has 0 bridgehead atoms. The van der Waals surface area contributed by atoms with Crippen molar-refractivity contribution in [3.8, 4) is 0 Å². The monoisotopic (exact) mass is 337 g/mol. The maximum Gasteiger partial charge on any atom is 0.256 e. The SMILES string of the molecule is O=C(NCCCC1CCCC1)C1=CN2CCS(=O)(=O)N=C2C=C1. The Kier molecular flexibility index (Phi) is 4.84. The van der Waals surface area contributed by atoms with Gasteiger partial charge in [0.05, 0.1) is 11.3 Å². The molecule has 6 nitrogen and oxygen atoms in total.